The first kappa shape index (κ1) is 21.9. The summed E-state index contributed by atoms with van der Waals surface area (Å²) in [5.74, 6) is 1.47. The highest BCUT2D eigenvalue weighted by molar-refractivity contribution is 5.95. The number of aryl methyl sites for hydroxylation is 2. The molecule has 0 atom stereocenters. The van der Waals surface area contributed by atoms with Gasteiger partial charge in [0.15, 0.2) is 0 Å². The fourth-order valence-electron chi connectivity index (χ4n) is 3.74. The molecule has 2 heterocycles. The van der Waals surface area contributed by atoms with Crippen molar-refractivity contribution in [3.05, 3.63) is 53.5 Å². The number of hydrogen-bond acceptors (Lipinski definition) is 5. The van der Waals surface area contributed by atoms with Crippen LogP contribution in [0, 0.1) is 13.8 Å². The Morgan fingerprint density at radius 2 is 1.80 bits per heavy atom. The van der Waals surface area contributed by atoms with Gasteiger partial charge in [-0.15, -0.1) is 0 Å². The number of carbonyl (C=O) groups excluding carboxylic acids is 2. The van der Waals surface area contributed by atoms with Gasteiger partial charge in [-0.2, -0.15) is 0 Å². The van der Waals surface area contributed by atoms with Crippen LogP contribution < -0.4 is 10.2 Å². The van der Waals surface area contributed by atoms with Crippen LogP contribution in [0.3, 0.4) is 0 Å². The summed E-state index contributed by atoms with van der Waals surface area (Å²) in [6.07, 6.45) is 0.892. The quantitative estimate of drug-likeness (QED) is 0.674. The van der Waals surface area contributed by atoms with E-state index in [1.165, 1.54) is 5.69 Å². The molecule has 7 nitrogen and oxygen atoms in total. The molecule has 30 heavy (non-hydrogen) atoms. The molecule has 0 radical (unpaired) electrons. The van der Waals surface area contributed by atoms with Crippen molar-refractivity contribution in [2.24, 2.45) is 0 Å². The first-order valence-corrected chi connectivity index (χ1v) is 10.6. The molecule has 2 amide bonds. The minimum Gasteiger partial charge on any atom is -0.466 e. The zero-order valence-corrected chi connectivity index (χ0v) is 18.2. The van der Waals surface area contributed by atoms with Crippen molar-refractivity contribution in [1.82, 2.24) is 15.1 Å². The van der Waals surface area contributed by atoms with Crippen molar-refractivity contribution < 1.29 is 14.0 Å². The standard InChI is InChI=1S/C23H32N4O3/c1-18-16-21(19(2)30-18)23(29)27-14-12-26(13-15-27)17-22(28)24-10-7-11-25(3)20-8-5-4-6-9-20/h4-6,8-9,16H,7,10-15,17H2,1-3H3,(H,24,28). The summed E-state index contributed by atoms with van der Waals surface area (Å²) in [5, 5.41) is 3.01. The summed E-state index contributed by atoms with van der Waals surface area (Å²) in [6, 6.07) is 12.0. The molecule has 0 saturated carbocycles. The van der Waals surface area contributed by atoms with Crippen LogP contribution >= 0.6 is 0 Å². The monoisotopic (exact) mass is 412 g/mol. The summed E-state index contributed by atoms with van der Waals surface area (Å²) >= 11 is 0. The number of rotatable bonds is 8. The van der Waals surface area contributed by atoms with Crippen molar-refractivity contribution in [2.75, 3.05) is 57.8 Å². The van der Waals surface area contributed by atoms with E-state index in [2.05, 4.69) is 34.3 Å². The molecule has 162 valence electrons. The molecule has 0 bridgehead atoms. The SMILES string of the molecule is Cc1cc(C(=O)N2CCN(CC(=O)NCCCN(C)c3ccccc3)CC2)c(C)o1. The van der Waals surface area contributed by atoms with Gasteiger partial charge in [-0.1, -0.05) is 18.2 Å². The Morgan fingerprint density at radius 3 is 2.43 bits per heavy atom. The second kappa shape index (κ2) is 10.3. The van der Waals surface area contributed by atoms with Crippen molar-refractivity contribution in [2.45, 2.75) is 20.3 Å². The van der Waals surface area contributed by atoms with E-state index in [9.17, 15) is 9.59 Å². The van der Waals surface area contributed by atoms with Crippen molar-refractivity contribution in [3.8, 4) is 0 Å². The van der Waals surface area contributed by atoms with E-state index in [1.54, 1.807) is 6.07 Å². The molecular formula is C23H32N4O3. The van der Waals surface area contributed by atoms with Crippen LogP contribution in [0.2, 0.25) is 0 Å². The highest BCUT2D eigenvalue weighted by Crippen LogP contribution is 2.17. The minimum atomic E-state index is 0.0102. The summed E-state index contributed by atoms with van der Waals surface area (Å²) < 4.78 is 5.47. The lowest BCUT2D eigenvalue weighted by atomic mass is 10.2. The van der Waals surface area contributed by atoms with Crippen LogP contribution in [0.15, 0.2) is 40.8 Å². The number of nitrogens with one attached hydrogen (secondary N) is 1. The van der Waals surface area contributed by atoms with Crippen molar-refractivity contribution >= 4 is 17.5 Å². The summed E-state index contributed by atoms with van der Waals surface area (Å²) in [4.78, 5) is 31.0. The van der Waals surface area contributed by atoms with Gasteiger partial charge < -0.3 is 19.5 Å². The molecule has 1 aromatic carbocycles. The number of para-hydroxylation sites is 1. The number of furan rings is 1. The molecule has 1 fully saturated rings. The number of piperazine rings is 1. The zero-order valence-electron chi connectivity index (χ0n) is 18.2. The first-order valence-electron chi connectivity index (χ1n) is 10.6. The number of hydrogen-bond donors (Lipinski definition) is 1. The molecule has 1 saturated heterocycles. The normalized spacial score (nSPS) is 14.6. The Kier molecular flexibility index (Phi) is 7.52. The molecule has 7 heteroatoms. The first-order chi connectivity index (χ1) is 14.4. The van der Waals surface area contributed by atoms with Crippen LogP contribution in [-0.4, -0.2) is 74.5 Å². The summed E-state index contributed by atoms with van der Waals surface area (Å²) in [6.45, 7) is 8.23. The molecule has 0 aliphatic carbocycles. The number of anilines is 1. The van der Waals surface area contributed by atoms with Crippen LogP contribution in [-0.2, 0) is 4.79 Å². The second-order valence-electron chi connectivity index (χ2n) is 7.86. The topological polar surface area (TPSA) is 69.0 Å². The maximum Gasteiger partial charge on any atom is 0.257 e. The lowest BCUT2D eigenvalue weighted by Crippen LogP contribution is -2.51. The lowest BCUT2D eigenvalue weighted by molar-refractivity contribution is -0.122. The maximum atomic E-state index is 12.7. The largest absolute Gasteiger partial charge is 0.466 e. The molecule has 1 aromatic heterocycles. The number of carbonyl (C=O) groups is 2. The number of nitrogens with zero attached hydrogens (tertiary/aromatic N) is 3. The van der Waals surface area contributed by atoms with Gasteiger partial charge in [0.2, 0.25) is 5.91 Å². The van der Waals surface area contributed by atoms with Gasteiger partial charge in [0, 0.05) is 52.0 Å². The number of benzene rings is 1. The Hall–Kier alpha value is -2.80. The molecule has 0 unspecified atom stereocenters. The summed E-state index contributed by atoms with van der Waals surface area (Å²) in [7, 11) is 2.06. The average molecular weight is 413 g/mol. The van der Waals surface area contributed by atoms with E-state index >= 15 is 0 Å². The second-order valence-corrected chi connectivity index (χ2v) is 7.86. The predicted octanol–water partition coefficient (Wildman–Crippen LogP) is 2.30. The van der Waals surface area contributed by atoms with E-state index < -0.39 is 0 Å². The Bertz CT molecular complexity index is 841. The Labute approximate surface area is 178 Å². The molecule has 2 aromatic rings. The van der Waals surface area contributed by atoms with Gasteiger partial charge in [-0.05, 0) is 38.5 Å². The lowest BCUT2D eigenvalue weighted by Gasteiger charge is -2.34. The fraction of sp³-hybridized carbons (Fsp3) is 0.478. The average Bonchev–Trinajstić information content (AvgIpc) is 3.09. The van der Waals surface area contributed by atoms with E-state index in [0.717, 1.165) is 18.7 Å². The van der Waals surface area contributed by atoms with Gasteiger partial charge in [0.25, 0.3) is 5.91 Å². The molecule has 1 N–H and O–H groups in total. The van der Waals surface area contributed by atoms with Gasteiger partial charge in [-0.25, -0.2) is 0 Å². The fourth-order valence-corrected chi connectivity index (χ4v) is 3.74. The maximum absolute atomic E-state index is 12.7. The minimum absolute atomic E-state index is 0.0102. The van der Waals surface area contributed by atoms with Gasteiger partial charge in [0.05, 0.1) is 12.1 Å². The molecule has 1 aliphatic rings. The Balaban J connectivity index is 1.33. The smallest absolute Gasteiger partial charge is 0.257 e. The van der Waals surface area contributed by atoms with Gasteiger partial charge >= 0.3 is 0 Å². The van der Waals surface area contributed by atoms with Crippen molar-refractivity contribution in [3.63, 3.8) is 0 Å². The number of amides is 2. The molecule has 0 spiro atoms. The van der Waals surface area contributed by atoms with Crippen LogP contribution in [0.5, 0.6) is 0 Å². The third-order valence-corrected chi connectivity index (χ3v) is 5.49. The highest BCUT2D eigenvalue weighted by atomic mass is 16.3. The molecular weight excluding hydrogens is 380 g/mol. The third kappa shape index (κ3) is 5.86. The third-order valence-electron chi connectivity index (χ3n) is 5.49. The highest BCUT2D eigenvalue weighted by Gasteiger charge is 2.25. The summed E-state index contributed by atoms with van der Waals surface area (Å²) in [5.41, 5.74) is 1.82. The van der Waals surface area contributed by atoms with Crippen LogP contribution in [0.25, 0.3) is 0 Å². The molecule has 1 aliphatic heterocycles. The van der Waals surface area contributed by atoms with E-state index in [0.29, 0.717) is 50.6 Å². The van der Waals surface area contributed by atoms with E-state index in [-0.39, 0.29) is 11.8 Å². The zero-order chi connectivity index (χ0) is 21.5. The van der Waals surface area contributed by atoms with Crippen LogP contribution in [0.4, 0.5) is 5.69 Å². The van der Waals surface area contributed by atoms with Crippen molar-refractivity contribution in [1.29, 1.82) is 0 Å². The van der Waals surface area contributed by atoms with E-state index in [4.69, 9.17) is 4.42 Å². The molecule has 3 rings (SSSR count). The van der Waals surface area contributed by atoms with E-state index in [1.807, 2.05) is 36.9 Å². The van der Waals surface area contributed by atoms with Crippen LogP contribution in [0.1, 0.15) is 28.3 Å². The van der Waals surface area contributed by atoms with Gasteiger partial charge in [0.1, 0.15) is 11.5 Å². The Morgan fingerprint density at radius 1 is 1.10 bits per heavy atom. The van der Waals surface area contributed by atoms with Gasteiger partial charge in [-0.3, -0.25) is 14.5 Å². The predicted molar refractivity (Wildman–Crippen MR) is 118 cm³/mol.